The molecule has 0 atom stereocenters. The lowest BCUT2D eigenvalue weighted by Crippen LogP contribution is -2.28. The fourth-order valence-electron chi connectivity index (χ4n) is 1.28. The minimum absolute atomic E-state index is 0.0475. The van der Waals surface area contributed by atoms with Crippen molar-refractivity contribution < 1.29 is 9.59 Å². The molecule has 0 radical (unpaired) electrons. The second-order valence-electron chi connectivity index (χ2n) is 3.70. The van der Waals surface area contributed by atoms with Crippen LogP contribution in [-0.2, 0) is 4.79 Å². The summed E-state index contributed by atoms with van der Waals surface area (Å²) >= 11 is 0. The lowest BCUT2D eigenvalue weighted by atomic mass is 10.1. The third-order valence-corrected chi connectivity index (χ3v) is 2.14. The zero-order valence-electron chi connectivity index (χ0n) is 9.26. The van der Waals surface area contributed by atoms with Crippen molar-refractivity contribution in [3.05, 3.63) is 34.9 Å². The van der Waals surface area contributed by atoms with E-state index >= 15 is 0 Å². The Morgan fingerprint density at radius 3 is 2.53 bits per heavy atom. The molecule has 15 heavy (non-hydrogen) atoms. The summed E-state index contributed by atoms with van der Waals surface area (Å²) in [6.45, 7) is 5.35. The van der Waals surface area contributed by atoms with Crippen molar-refractivity contribution in [3.8, 4) is 0 Å². The Hall–Kier alpha value is -1.64. The largest absolute Gasteiger partial charge is 0.345 e. The standard InChI is InChI=1S/C12H15NO2/c1-8-4-5-9(2)11(6-8)12(15)13-7-10(3)14/h4-6H,7H2,1-3H3,(H,13,15). The summed E-state index contributed by atoms with van der Waals surface area (Å²) in [5.74, 6) is -0.236. The summed E-state index contributed by atoms with van der Waals surface area (Å²) < 4.78 is 0. The molecular formula is C12H15NO2. The third kappa shape index (κ3) is 3.20. The van der Waals surface area contributed by atoms with E-state index in [1.165, 1.54) is 6.92 Å². The van der Waals surface area contributed by atoms with E-state index in [1.54, 1.807) is 0 Å². The zero-order valence-corrected chi connectivity index (χ0v) is 9.26. The van der Waals surface area contributed by atoms with E-state index in [4.69, 9.17) is 0 Å². The van der Waals surface area contributed by atoms with Crippen molar-refractivity contribution in [3.63, 3.8) is 0 Å². The fourth-order valence-corrected chi connectivity index (χ4v) is 1.28. The normalized spacial score (nSPS) is 9.80. The molecule has 3 nitrogen and oxygen atoms in total. The van der Waals surface area contributed by atoms with E-state index in [2.05, 4.69) is 5.32 Å². The Morgan fingerprint density at radius 2 is 1.93 bits per heavy atom. The molecule has 80 valence electrons. The Kier molecular flexibility index (Phi) is 3.61. The highest BCUT2D eigenvalue weighted by atomic mass is 16.2. The number of carbonyl (C=O) groups excluding carboxylic acids is 2. The van der Waals surface area contributed by atoms with Crippen LogP contribution in [0.3, 0.4) is 0 Å². The maximum absolute atomic E-state index is 11.7. The van der Waals surface area contributed by atoms with Crippen molar-refractivity contribution in [2.24, 2.45) is 0 Å². The van der Waals surface area contributed by atoms with Crippen LogP contribution in [0.4, 0.5) is 0 Å². The van der Waals surface area contributed by atoms with E-state index in [0.717, 1.165) is 11.1 Å². The number of amides is 1. The molecule has 0 unspecified atom stereocenters. The van der Waals surface area contributed by atoms with Crippen LogP contribution in [-0.4, -0.2) is 18.2 Å². The Bertz CT molecular complexity index is 397. The van der Waals surface area contributed by atoms with Crippen LogP contribution in [0.2, 0.25) is 0 Å². The van der Waals surface area contributed by atoms with Crippen molar-refractivity contribution in [1.29, 1.82) is 0 Å². The van der Waals surface area contributed by atoms with Crippen LogP contribution in [0.15, 0.2) is 18.2 Å². The lowest BCUT2D eigenvalue weighted by Gasteiger charge is -2.06. The lowest BCUT2D eigenvalue weighted by molar-refractivity contribution is -0.116. The number of nitrogens with one attached hydrogen (secondary N) is 1. The van der Waals surface area contributed by atoms with Gasteiger partial charge in [-0.15, -0.1) is 0 Å². The number of aryl methyl sites for hydroxylation is 2. The SMILES string of the molecule is CC(=O)CNC(=O)c1cc(C)ccc1C. The van der Waals surface area contributed by atoms with Gasteiger partial charge in [-0.2, -0.15) is 0 Å². The molecule has 0 aliphatic rings. The minimum atomic E-state index is -0.189. The summed E-state index contributed by atoms with van der Waals surface area (Å²) in [6, 6.07) is 5.68. The van der Waals surface area contributed by atoms with Gasteiger partial charge in [-0.1, -0.05) is 17.7 Å². The topological polar surface area (TPSA) is 46.2 Å². The van der Waals surface area contributed by atoms with Crippen LogP contribution >= 0.6 is 0 Å². The van der Waals surface area contributed by atoms with E-state index in [-0.39, 0.29) is 18.2 Å². The van der Waals surface area contributed by atoms with E-state index in [0.29, 0.717) is 5.56 Å². The molecule has 0 spiro atoms. The first-order chi connectivity index (χ1) is 7.00. The molecule has 0 saturated heterocycles. The molecule has 0 bridgehead atoms. The van der Waals surface area contributed by atoms with Gasteiger partial charge in [-0.05, 0) is 32.4 Å². The first-order valence-corrected chi connectivity index (χ1v) is 4.85. The molecule has 1 N–H and O–H groups in total. The highest BCUT2D eigenvalue weighted by Crippen LogP contribution is 2.10. The molecule has 0 aromatic heterocycles. The second kappa shape index (κ2) is 4.73. The first-order valence-electron chi connectivity index (χ1n) is 4.85. The number of hydrogen-bond donors (Lipinski definition) is 1. The van der Waals surface area contributed by atoms with Gasteiger partial charge in [0.15, 0.2) is 0 Å². The van der Waals surface area contributed by atoms with Crippen LogP contribution in [0.1, 0.15) is 28.4 Å². The van der Waals surface area contributed by atoms with Gasteiger partial charge in [0.1, 0.15) is 5.78 Å². The molecular weight excluding hydrogens is 190 g/mol. The minimum Gasteiger partial charge on any atom is -0.345 e. The van der Waals surface area contributed by atoms with Crippen molar-refractivity contribution in [1.82, 2.24) is 5.32 Å². The average Bonchev–Trinajstić information content (AvgIpc) is 2.18. The van der Waals surface area contributed by atoms with Crippen LogP contribution in [0.25, 0.3) is 0 Å². The zero-order chi connectivity index (χ0) is 11.4. The molecule has 0 fully saturated rings. The highest BCUT2D eigenvalue weighted by molar-refractivity contribution is 5.97. The maximum Gasteiger partial charge on any atom is 0.251 e. The van der Waals surface area contributed by atoms with Gasteiger partial charge in [0.05, 0.1) is 6.54 Å². The maximum atomic E-state index is 11.7. The van der Waals surface area contributed by atoms with Gasteiger partial charge in [-0.25, -0.2) is 0 Å². The molecule has 1 aromatic rings. The summed E-state index contributed by atoms with van der Waals surface area (Å²) in [7, 11) is 0. The van der Waals surface area contributed by atoms with Crippen LogP contribution in [0, 0.1) is 13.8 Å². The smallest absolute Gasteiger partial charge is 0.251 e. The van der Waals surface area contributed by atoms with Crippen molar-refractivity contribution in [2.75, 3.05) is 6.54 Å². The number of Topliss-reactive ketones (excluding diaryl/α,β-unsaturated/α-hetero) is 1. The monoisotopic (exact) mass is 205 g/mol. The van der Waals surface area contributed by atoms with Gasteiger partial charge in [0.2, 0.25) is 0 Å². The summed E-state index contributed by atoms with van der Waals surface area (Å²) in [4.78, 5) is 22.4. The Morgan fingerprint density at radius 1 is 1.27 bits per heavy atom. The van der Waals surface area contributed by atoms with E-state index in [9.17, 15) is 9.59 Å². The molecule has 0 saturated carbocycles. The second-order valence-corrected chi connectivity index (χ2v) is 3.70. The van der Waals surface area contributed by atoms with Gasteiger partial charge in [0.25, 0.3) is 5.91 Å². The summed E-state index contributed by atoms with van der Waals surface area (Å²) in [5.41, 5.74) is 2.59. The number of carbonyl (C=O) groups is 2. The predicted octanol–water partition coefficient (Wildman–Crippen LogP) is 1.62. The summed E-state index contributed by atoms with van der Waals surface area (Å²) in [6.07, 6.45) is 0. The average molecular weight is 205 g/mol. The first kappa shape index (κ1) is 11.4. The number of hydrogen-bond acceptors (Lipinski definition) is 2. The predicted molar refractivity (Wildman–Crippen MR) is 58.9 cm³/mol. The highest BCUT2D eigenvalue weighted by Gasteiger charge is 2.08. The molecule has 1 rings (SSSR count). The van der Waals surface area contributed by atoms with Gasteiger partial charge in [-0.3, -0.25) is 9.59 Å². The quantitative estimate of drug-likeness (QED) is 0.815. The van der Waals surface area contributed by atoms with Crippen LogP contribution < -0.4 is 5.32 Å². The number of rotatable bonds is 3. The fraction of sp³-hybridized carbons (Fsp3) is 0.333. The van der Waals surface area contributed by atoms with Crippen LogP contribution in [0.5, 0.6) is 0 Å². The molecule has 1 amide bonds. The van der Waals surface area contributed by atoms with Gasteiger partial charge in [0, 0.05) is 5.56 Å². The van der Waals surface area contributed by atoms with E-state index < -0.39 is 0 Å². The third-order valence-electron chi connectivity index (χ3n) is 2.14. The van der Waals surface area contributed by atoms with Crippen molar-refractivity contribution >= 4 is 11.7 Å². The summed E-state index contributed by atoms with van der Waals surface area (Å²) in [5, 5.41) is 2.58. The molecule has 0 aliphatic carbocycles. The molecule has 0 aliphatic heterocycles. The number of benzene rings is 1. The molecule has 3 heteroatoms. The Balaban J connectivity index is 2.81. The van der Waals surface area contributed by atoms with Crippen molar-refractivity contribution in [2.45, 2.75) is 20.8 Å². The molecule has 1 aromatic carbocycles. The molecule has 0 heterocycles. The van der Waals surface area contributed by atoms with Gasteiger partial charge < -0.3 is 5.32 Å². The number of ketones is 1. The Labute approximate surface area is 89.5 Å². The van der Waals surface area contributed by atoms with E-state index in [1.807, 2.05) is 32.0 Å². The van der Waals surface area contributed by atoms with Gasteiger partial charge >= 0.3 is 0 Å².